The topological polar surface area (TPSA) is 71.7 Å². The minimum Gasteiger partial charge on any atom is -0.497 e. The molecule has 2 aromatic carbocycles. The first kappa shape index (κ1) is 17.8. The van der Waals surface area contributed by atoms with Gasteiger partial charge in [-0.25, -0.2) is 0 Å². The van der Waals surface area contributed by atoms with E-state index in [9.17, 15) is 23.1 Å². The molecule has 0 saturated carbocycles. The summed E-state index contributed by atoms with van der Waals surface area (Å²) in [5.41, 5.74) is -4.39. The Labute approximate surface area is 145 Å². The van der Waals surface area contributed by atoms with Crippen LogP contribution in [0.1, 0.15) is 5.76 Å². The van der Waals surface area contributed by atoms with Crippen molar-refractivity contribution in [3.8, 4) is 5.75 Å². The third kappa shape index (κ3) is 3.11. The molecule has 0 radical (unpaired) electrons. The molecule has 26 heavy (non-hydrogen) atoms. The molecule has 1 heterocycles. The number of nitrogens with one attached hydrogen (secondary N) is 1. The molecule has 5 nitrogen and oxygen atoms in total. The number of hydrogen-bond acceptors (Lipinski definition) is 5. The Kier molecular flexibility index (Phi) is 4.37. The first-order chi connectivity index (χ1) is 12.2. The number of alkyl halides is 3. The normalized spacial score (nSPS) is 14.0. The van der Waals surface area contributed by atoms with Crippen LogP contribution in [0.4, 0.5) is 18.9 Å². The summed E-state index contributed by atoms with van der Waals surface area (Å²) < 4.78 is 51.1. The molecule has 0 fully saturated rings. The summed E-state index contributed by atoms with van der Waals surface area (Å²) in [5, 5.41) is 12.5. The minimum absolute atomic E-state index is 0.0403. The number of aliphatic hydroxyl groups is 1. The highest BCUT2D eigenvalue weighted by Gasteiger charge is 2.58. The molecule has 0 aliphatic heterocycles. The number of fused-ring (bicyclic) bond motifs is 1. The van der Waals surface area contributed by atoms with E-state index in [1.165, 1.54) is 49.6 Å². The van der Waals surface area contributed by atoms with Crippen molar-refractivity contribution < 1.29 is 27.4 Å². The highest BCUT2D eigenvalue weighted by Crippen LogP contribution is 2.40. The lowest BCUT2D eigenvalue weighted by Crippen LogP contribution is -2.49. The SMILES string of the molecule is COc1ccc(NC(O)(c2cc(=O)c3ccccc3o2)C(F)(F)F)cc1. The van der Waals surface area contributed by atoms with Gasteiger partial charge in [-0.15, -0.1) is 0 Å². The number of benzene rings is 2. The van der Waals surface area contributed by atoms with Gasteiger partial charge in [-0.05, 0) is 36.4 Å². The summed E-state index contributed by atoms with van der Waals surface area (Å²) in [6.07, 6.45) is -5.16. The van der Waals surface area contributed by atoms with E-state index in [4.69, 9.17) is 9.15 Å². The molecule has 3 rings (SSSR count). The number of para-hydroxylation sites is 1. The zero-order valence-electron chi connectivity index (χ0n) is 13.5. The van der Waals surface area contributed by atoms with Gasteiger partial charge in [0.1, 0.15) is 11.3 Å². The second-order valence-electron chi connectivity index (χ2n) is 5.53. The first-order valence-corrected chi connectivity index (χ1v) is 7.49. The second-order valence-corrected chi connectivity index (χ2v) is 5.53. The smallest absolute Gasteiger partial charge is 0.444 e. The van der Waals surface area contributed by atoms with Gasteiger partial charge in [0.2, 0.25) is 0 Å². The van der Waals surface area contributed by atoms with Crippen molar-refractivity contribution >= 4 is 16.7 Å². The van der Waals surface area contributed by atoms with Crippen LogP contribution in [0.25, 0.3) is 11.0 Å². The monoisotopic (exact) mass is 365 g/mol. The van der Waals surface area contributed by atoms with Crippen molar-refractivity contribution in [2.45, 2.75) is 11.9 Å². The van der Waals surface area contributed by atoms with E-state index < -0.39 is 23.1 Å². The van der Waals surface area contributed by atoms with E-state index in [-0.39, 0.29) is 16.7 Å². The van der Waals surface area contributed by atoms with Crippen molar-refractivity contribution in [3.05, 3.63) is 70.6 Å². The molecular formula is C18H14F3NO4. The fourth-order valence-corrected chi connectivity index (χ4v) is 2.44. The molecule has 0 saturated heterocycles. The predicted octanol–water partition coefficient (Wildman–Crippen LogP) is 3.62. The second kappa shape index (κ2) is 6.38. The van der Waals surface area contributed by atoms with Crippen molar-refractivity contribution in [2.75, 3.05) is 12.4 Å². The quantitative estimate of drug-likeness (QED) is 0.691. The summed E-state index contributed by atoms with van der Waals surface area (Å²) in [6, 6.07) is 11.9. The standard InChI is InChI=1S/C18H14F3NO4/c1-25-12-8-6-11(7-9-12)22-17(24,18(19,20)21)16-10-14(23)13-4-2-3-5-15(13)26-16/h2-10,22,24H,1H3. The van der Waals surface area contributed by atoms with Crippen LogP contribution >= 0.6 is 0 Å². The molecule has 1 unspecified atom stereocenters. The molecule has 136 valence electrons. The van der Waals surface area contributed by atoms with Gasteiger partial charge in [0, 0.05) is 11.8 Å². The zero-order valence-corrected chi connectivity index (χ0v) is 13.5. The van der Waals surface area contributed by atoms with E-state index in [2.05, 4.69) is 0 Å². The Bertz CT molecular complexity index is 982. The highest BCUT2D eigenvalue weighted by atomic mass is 19.4. The maximum absolute atomic E-state index is 13.7. The molecule has 3 aromatic rings. The average molecular weight is 365 g/mol. The van der Waals surface area contributed by atoms with Gasteiger partial charge >= 0.3 is 6.18 Å². The van der Waals surface area contributed by atoms with Crippen molar-refractivity contribution in [3.63, 3.8) is 0 Å². The van der Waals surface area contributed by atoms with Crippen molar-refractivity contribution in [1.82, 2.24) is 0 Å². The van der Waals surface area contributed by atoms with Crippen LogP contribution in [0, 0.1) is 0 Å². The van der Waals surface area contributed by atoms with Gasteiger partial charge in [0.15, 0.2) is 11.2 Å². The van der Waals surface area contributed by atoms with E-state index in [1.807, 2.05) is 5.32 Å². The fourth-order valence-electron chi connectivity index (χ4n) is 2.44. The lowest BCUT2D eigenvalue weighted by molar-refractivity contribution is -0.260. The lowest BCUT2D eigenvalue weighted by atomic mass is 10.1. The van der Waals surface area contributed by atoms with Gasteiger partial charge in [-0.1, -0.05) is 12.1 Å². The molecule has 0 spiro atoms. The number of halogens is 3. The van der Waals surface area contributed by atoms with Crippen molar-refractivity contribution in [1.29, 1.82) is 0 Å². The molecular weight excluding hydrogens is 351 g/mol. The van der Waals surface area contributed by atoms with Gasteiger partial charge < -0.3 is 19.6 Å². The molecule has 2 N–H and O–H groups in total. The zero-order chi connectivity index (χ0) is 18.9. The Morgan fingerprint density at radius 2 is 1.73 bits per heavy atom. The number of anilines is 1. The minimum atomic E-state index is -5.16. The number of methoxy groups -OCH3 is 1. The molecule has 1 aromatic heterocycles. The molecule has 0 amide bonds. The first-order valence-electron chi connectivity index (χ1n) is 7.49. The largest absolute Gasteiger partial charge is 0.497 e. The van der Waals surface area contributed by atoms with Gasteiger partial charge in [0.25, 0.3) is 5.72 Å². The number of ether oxygens (including phenoxy) is 1. The maximum atomic E-state index is 13.7. The molecule has 8 heteroatoms. The molecule has 0 aliphatic rings. The van der Waals surface area contributed by atoms with E-state index >= 15 is 0 Å². The summed E-state index contributed by atoms with van der Waals surface area (Å²) in [5.74, 6) is -0.521. The third-order valence-corrected chi connectivity index (χ3v) is 3.82. The number of rotatable bonds is 4. The Morgan fingerprint density at radius 3 is 2.35 bits per heavy atom. The number of hydrogen-bond donors (Lipinski definition) is 2. The lowest BCUT2D eigenvalue weighted by Gasteiger charge is -2.31. The van der Waals surface area contributed by atoms with Crippen LogP contribution in [0.15, 0.2) is 63.8 Å². The van der Waals surface area contributed by atoms with E-state index in [0.29, 0.717) is 11.8 Å². The highest BCUT2D eigenvalue weighted by molar-refractivity contribution is 5.76. The van der Waals surface area contributed by atoms with Gasteiger partial charge in [-0.3, -0.25) is 4.79 Å². The molecule has 0 aliphatic carbocycles. The predicted molar refractivity (Wildman–Crippen MR) is 89.1 cm³/mol. The van der Waals surface area contributed by atoms with Crippen LogP contribution in [0.2, 0.25) is 0 Å². The van der Waals surface area contributed by atoms with Crippen LogP contribution in [-0.4, -0.2) is 18.4 Å². The summed E-state index contributed by atoms with van der Waals surface area (Å²) in [6.45, 7) is 0. The van der Waals surface area contributed by atoms with Crippen LogP contribution in [0.5, 0.6) is 5.75 Å². The molecule has 1 atom stereocenters. The van der Waals surface area contributed by atoms with Crippen LogP contribution < -0.4 is 15.5 Å². The fraction of sp³-hybridized carbons (Fsp3) is 0.167. The Hall–Kier alpha value is -3.00. The summed E-state index contributed by atoms with van der Waals surface area (Å²) in [4.78, 5) is 12.1. The Morgan fingerprint density at radius 1 is 1.08 bits per heavy atom. The maximum Gasteiger partial charge on any atom is 0.444 e. The summed E-state index contributed by atoms with van der Waals surface area (Å²) >= 11 is 0. The summed E-state index contributed by atoms with van der Waals surface area (Å²) in [7, 11) is 1.41. The van der Waals surface area contributed by atoms with E-state index in [1.54, 1.807) is 6.07 Å². The van der Waals surface area contributed by atoms with Crippen LogP contribution in [-0.2, 0) is 5.72 Å². The van der Waals surface area contributed by atoms with Gasteiger partial charge in [0.05, 0.1) is 12.5 Å². The third-order valence-electron chi connectivity index (χ3n) is 3.82. The van der Waals surface area contributed by atoms with E-state index in [0.717, 1.165) is 0 Å². The van der Waals surface area contributed by atoms with Crippen molar-refractivity contribution in [2.24, 2.45) is 0 Å². The van der Waals surface area contributed by atoms with Gasteiger partial charge in [-0.2, -0.15) is 13.2 Å². The molecule has 0 bridgehead atoms. The Balaban J connectivity index is 2.11. The van der Waals surface area contributed by atoms with Crippen LogP contribution in [0.3, 0.4) is 0 Å². The average Bonchev–Trinajstić information content (AvgIpc) is 2.61.